The van der Waals surface area contributed by atoms with Crippen molar-refractivity contribution in [1.29, 1.82) is 0 Å². The molecule has 1 saturated heterocycles. The second kappa shape index (κ2) is 7.97. The van der Waals surface area contributed by atoms with Crippen LogP contribution in [-0.4, -0.2) is 40.2 Å². The minimum atomic E-state index is -0.403. The SMILES string of the molecule is C/C=C/c1ccc2n(c1=O)C[C@H]1[C@H](CO)[C@@H](C(=O)NCc3ccccc3)[C@@H]2N1C. The highest BCUT2D eigenvalue weighted by Crippen LogP contribution is 2.47. The van der Waals surface area contributed by atoms with E-state index in [0.717, 1.165) is 11.3 Å². The standard InChI is InChI=1S/C23H27N3O3/c1-3-7-16-10-11-18-21-20(22(28)24-12-15-8-5-4-6-9-15)17(14-27)19(25(21)2)13-26(18)23(16)29/h3-11,17,19-21,27H,12-14H2,1-2H3,(H,24,28)/b7-3+/t17-,19-,20+,21+/m0/s1. The summed E-state index contributed by atoms with van der Waals surface area (Å²) >= 11 is 0. The molecule has 2 aromatic rings. The van der Waals surface area contributed by atoms with Gasteiger partial charge in [-0.05, 0) is 31.7 Å². The summed E-state index contributed by atoms with van der Waals surface area (Å²) in [6.07, 6.45) is 3.66. The van der Waals surface area contributed by atoms with Crippen molar-refractivity contribution in [1.82, 2.24) is 14.8 Å². The Kier molecular flexibility index (Phi) is 5.39. The normalized spacial score (nSPS) is 25.9. The molecule has 1 aromatic heterocycles. The molecule has 6 nitrogen and oxygen atoms in total. The number of allylic oxidation sites excluding steroid dienone is 1. The maximum Gasteiger partial charge on any atom is 0.258 e. The van der Waals surface area contributed by atoms with Crippen molar-refractivity contribution in [2.75, 3.05) is 13.7 Å². The molecule has 6 heteroatoms. The number of nitrogens with zero attached hydrogens (tertiary/aromatic N) is 2. The Labute approximate surface area is 170 Å². The summed E-state index contributed by atoms with van der Waals surface area (Å²) in [5, 5.41) is 13.2. The van der Waals surface area contributed by atoms with Crippen LogP contribution in [0, 0.1) is 11.8 Å². The Hall–Kier alpha value is -2.70. The second-order valence-corrected chi connectivity index (χ2v) is 7.88. The molecule has 2 aliphatic heterocycles. The van der Waals surface area contributed by atoms with Crippen molar-refractivity contribution in [3.8, 4) is 0 Å². The van der Waals surface area contributed by atoms with Crippen molar-refractivity contribution in [2.45, 2.75) is 32.1 Å². The highest BCUT2D eigenvalue weighted by molar-refractivity contribution is 5.80. The molecule has 0 radical (unpaired) electrons. The fraction of sp³-hybridized carbons (Fsp3) is 0.391. The van der Waals surface area contributed by atoms with Crippen LogP contribution in [0.5, 0.6) is 0 Å². The van der Waals surface area contributed by atoms with Crippen LogP contribution in [0.1, 0.15) is 29.8 Å². The van der Waals surface area contributed by atoms with E-state index in [1.807, 2.05) is 68.6 Å². The molecule has 1 amide bonds. The van der Waals surface area contributed by atoms with E-state index in [-0.39, 0.29) is 36.1 Å². The summed E-state index contributed by atoms with van der Waals surface area (Å²) < 4.78 is 1.79. The minimum Gasteiger partial charge on any atom is -0.396 e. The van der Waals surface area contributed by atoms with E-state index in [4.69, 9.17) is 0 Å². The lowest BCUT2D eigenvalue weighted by atomic mass is 9.86. The lowest BCUT2D eigenvalue weighted by Gasteiger charge is -2.35. The first-order chi connectivity index (χ1) is 14.1. The van der Waals surface area contributed by atoms with Crippen LogP contribution in [0.15, 0.2) is 53.3 Å². The molecule has 4 rings (SSSR count). The number of benzene rings is 1. The van der Waals surface area contributed by atoms with Gasteiger partial charge in [-0.15, -0.1) is 0 Å². The van der Waals surface area contributed by atoms with Crippen LogP contribution in [0.25, 0.3) is 6.08 Å². The number of hydrogen-bond acceptors (Lipinski definition) is 4. The van der Waals surface area contributed by atoms with Crippen molar-refractivity contribution >= 4 is 12.0 Å². The maximum absolute atomic E-state index is 13.2. The molecule has 29 heavy (non-hydrogen) atoms. The average molecular weight is 393 g/mol. The van der Waals surface area contributed by atoms with Crippen LogP contribution in [0.4, 0.5) is 0 Å². The lowest BCUT2D eigenvalue weighted by Crippen LogP contribution is -2.44. The van der Waals surface area contributed by atoms with Gasteiger partial charge >= 0.3 is 0 Å². The van der Waals surface area contributed by atoms with Crippen LogP contribution in [0.3, 0.4) is 0 Å². The highest BCUT2D eigenvalue weighted by atomic mass is 16.3. The van der Waals surface area contributed by atoms with Gasteiger partial charge < -0.3 is 15.0 Å². The number of carbonyl (C=O) groups is 1. The van der Waals surface area contributed by atoms with E-state index in [0.29, 0.717) is 18.7 Å². The first-order valence-electron chi connectivity index (χ1n) is 10.1. The van der Waals surface area contributed by atoms with Crippen LogP contribution < -0.4 is 10.9 Å². The number of amides is 1. The Morgan fingerprint density at radius 2 is 2.00 bits per heavy atom. The van der Waals surface area contributed by atoms with Crippen molar-refractivity contribution in [3.63, 3.8) is 0 Å². The summed E-state index contributed by atoms with van der Waals surface area (Å²) in [7, 11) is 1.98. The smallest absolute Gasteiger partial charge is 0.258 e. The summed E-state index contributed by atoms with van der Waals surface area (Å²) in [6.45, 7) is 2.73. The van der Waals surface area contributed by atoms with E-state index in [1.165, 1.54) is 0 Å². The quantitative estimate of drug-likeness (QED) is 0.812. The fourth-order valence-electron chi connectivity index (χ4n) is 4.92. The van der Waals surface area contributed by atoms with Gasteiger partial charge in [0.05, 0.1) is 12.0 Å². The summed E-state index contributed by atoms with van der Waals surface area (Å²) in [4.78, 5) is 28.3. The molecular formula is C23H27N3O3. The molecule has 4 atom stereocenters. The lowest BCUT2D eigenvalue weighted by molar-refractivity contribution is -0.127. The molecule has 2 bridgehead atoms. The summed E-state index contributed by atoms with van der Waals surface area (Å²) in [6, 6.07) is 13.3. The van der Waals surface area contributed by atoms with Gasteiger partial charge in [0.1, 0.15) is 0 Å². The predicted octanol–water partition coefficient (Wildman–Crippen LogP) is 1.79. The van der Waals surface area contributed by atoms with Crippen molar-refractivity contribution < 1.29 is 9.90 Å². The number of rotatable bonds is 5. The number of pyridine rings is 1. The molecule has 2 N–H and O–H groups in total. The Balaban J connectivity index is 1.67. The minimum absolute atomic E-state index is 0.0364. The largest absolute Gasteiger partial charge is 0.396 e. The van der Waals surface area contributed by atoms with Gasteiger partial charge in [0.15, 0.2) is 0 Å². The number of aliphatic hydroxyl groups excluding tert-OH is 1. The number of fused-ring (bicyclic) bond motifs is 4. The van der Waals surface area contributed by atoms with Gasteiger partial charge in [-0.1, -0.05) is 42.5 Å². The first-order valence-corrected chi connectivity index (χ1v) is 10.1. The second-order valence-electron chi connectivity index (χ2n) is 7.88. The third kappa shape index (κ3) is 3.32. The number of hydrogen-bond donors (Lipinski definition) is 2. The van der Waals surface area contributed by atoms with E-state index in [2.05, 4.69) is 10.2 Å². The van der Waals surface area contributed by atoms with Crippen molar-refractivity contribution in [2.24, 2.45) is 11.8 Å². The Morgan fingerprint density at radius 3 is 2.69 bits per heavy atom. The molecule has 152 valence electrons. The van der Waals surface area contributed by atoms with Gasteiger partial charge in [0, 0.05) is 42.9 Å². The summed E-state index contributed by atoms with van der Waals surface area (Å²) in [5.41, 5.74) is 2.48. The van der Waals surface area contributed by atoms with E-state index >= 15 is 0 Å². The van der Waals surface area contributed by atoms with Gasteiger partial charge in [0.25, 0.3) is 5.56 Å². The maximum atomic E-state index is 13.2. The predicted molar refractivity (Wildman–Crippen MR) is 112 cm³/mol. The van der Waals surface area contributed by atoms with Gasteiger partial charge in [-0.25, -0.2) is 0 Å². The molecule has 3 heterocycles. The van der Waals surface area contributed by atoms with Crippen LogP contribution >= 0.6 is 0 Å². The fourth-order valence-corrected chi connectivity index (χ4v) is 4.92. The average Bonchev–Trinajstić information content (AvgIpc) is 2.91. The Bertz CT molecular complexity index is 983. The zero-order valence-electron chi connectivity index (χ0n) is 16.8. The third-order valence-corrected chi connectivity index (χ3v) is 6.34. The zero-order chi connectivity index (χ0) is 20.5. The molecule has 1 fully saturated rings. The molecule has 0 unspecified atom stereocenters. The van der Waals surface area contributed by atoms with E-state index in [9.17, 15) is 14.7 Å². The zero-order valence-corrected chi connectivity index (χ0v) is 16.8. The number of likely N-dealkylation sites (N-methyl/N-ethyl adjacent to an activating group) is 1. The summed E-state index contributed by atoms with van der Waals surface area (Å²) in [5.74, 6) is -0.699. The molecule has 0 aliphatic carbocycles. The van der Waals surface area contributed by atoms with E-state index in [1.54, 1.807) is 4.57 Å². The highest BCUT2D eigenvalue weighted by Gasteiger charge is 2.54. The Morgan fingerprint density at radius 1 is 1.24 bits per heavy atom. The number of aliphatic hydroxyl groups is 1. The molecular weight excluding hydrogens is 366 g/mol. The number of nitrogens with one attached hydrogen (secondary N) is 1. The molecule has 2 aliphatic rings. The van der Waals surface area contributed by atoms with Crippen LogP contribution in [-0.2, 0) is 17.9 Å². The molecule has 0 spiro atoms. The number of carbonyl (C=O) groups excluding carboxylic acids is 1. The van der Waals surface area contributed by atoms with Crippen LogP contribution in [0.2, 0.25) is 0 Å². The molecule has 0 saturated carbocycles. The third-order valence-electron chi connectivity index (χ3n) is 6.34. The molecule has 1 aromatic carbocycles. The van der Waals surface area contributed by atoms with Gasteiger partial charge in [-0.2, -0.15) is 0 Å². The van der Waals surface area contributed by atoms with E-state index < -0.39 is 5.92 Å². The number of aromatic nitrogens is 1. The monoisotopic (exact) mass is 393 g/mol. The van der Waals surface area contributed by atoms with Crippen molar-refractivity contribution in [3.05, 3.63) is 75.7 Å². The van der Waals surface area contributed by atoms with Gasteiger partial charge in [0.2, 0.25) is 5.91 Å². The van der Waals surface area contributed by atoms with Gasteiger partial charge in [-0.3, -0.25) is 14.5 Å². The topological polar surface area (TPSA) is 74.6 Å². The first kappa shape index (κ1) is 19.6.